The third kappa shape index (κ3) is 6.05. The molecule has 1 amide bonds. The minimum absolute atomic E-state index is 0.0786. The van der Waals surface area contributed by atoms with Gasteiger partial charge in [-0.1, -0.05) is 12.1 Å². The van der Waals surface area contributed by atoms with Gasteiger partial charge in [0.1, 0.15) is 5.75 Å². The number of halogens is 2. The molecule has 0 bridgehead atoms. The molecular weight excluding hydrogens is 282 g/mol. The first-order valence-electron chi connectivity index (χ1n) is 6.53. The van der Waals surface area contributed by atoms with Crippen LogP contribution in [-0.2, 0) is 9.53 Å². The van der Waals surface area contributed by atoms with Crippen LogP contribution in [0.4, 0.5) is 8.78 Å². The fourth-order valence-corrected chi connectivity index (χ4v) is 1.79. The molecule has 1 aromatic carbocycles. The van der Waals surface area contributed by atoms with Gasteiger partial charge in [-0.25, -0.2) is 0 Å². The molecule has 7 heteroatoms. The molecule has 0 saturated carbocycles. The largest absolute Gasteiger partial charge is 0.435 e. The van der Waals surface area contributed by atoms with Crippen LogP contribution in [0.1, 0.15) is 24.9 Å². The summed E-state index contributed by atoms with van der Waals surface area (Å²) in [5, 5.41) is 2.79. The fraction of sp³-hybridized carbons (Fsp3) is 0.500. The molecule has 1 rings (SSSR count). The highest BCUT2D eigenvalue weighted by Crippen LogP contribution is 2.19. The Kier molecular flexibility index (Phi) is 7.04. The number of hydrogen-bond donors (Lipinski definition) is 2. The molecule has 0 heterocycles. The Morgan fingerprint density at radius 2 is 1.95 bits per heavy atom. The van der Waals surface area contributed by atoms with Gasteiger partial charge in [-0.05, 0) is 24.6 Å². The van der Waals surface area contributed by atoms with Crippen molar-refractivity contribution in [2.45, 2.75) is 32.1 Å². The number of carbonyl (C=O) groups is 1. The van der Waals surface area contributed by atoms with Crippen LogP contribution in [-0.4, -0.2) is 32.3 Å². The molecule has 0 spiro atoms. The lowest BCUT2D eigenvalue weighted by Crippen LogP contribution is -2.33. The average molecular weight is 302 g/mol. The van der Waals surface area contributed by atoms with E-state index >= 15 is 0 Å². The van der Waals surface area contributed by atoms with Crippen molar-refractivity contribution in [2.24, 2.45) is 5.73 Å². The number of carbonyl (C=O) groups excluding carboxylic acids is 1. The normalized spacial score (nSPS) is 13.8. The minimum atomic E-state index is -2.85. The number of alkyl halides is 2. The number of ether oxygens (including phenoxy) is 2. The van der Waals surface area contributed by atoms with Gasteiger partial charge in [0, 0.05) is 13.7 Å². The van der Waals surface area contributed by atoms with Gasteiger partial charge in [0.25, 0.3) is 0 Å². The van der Waals surface area contributed by atoms with Gasteiger partial charge in [0.15, 0.2) is 0 Å². The van der Waals surface area contributed by atoms with Crippen LogP contribution < -0.4 is 15.8 Å². The standard InChI is InChI=1S/C14H20F2N2O3/c1-9(18-13(19)7-12(8-17)20-2)10-3-5-11(6-4-10)21-14(15)16/h3-6,9,12,14H,7-8,17H2,1-2H3,(H,18,19). The summed E-state index contributed by atoms with van der Waals surface area (Å²) in [6, 6.07) is 5.86. The van der Waals surface area contributed by atoms with E-state index in [0.29, 0.717) is 0 Å². The highest BCUT2D eigenvalue weighted by Gasteiger charge is 2.14. The molecule has 0 aliphatic heterocycles. The number of amides is 1. The zero-order chi connectivity index (χ0) is 15.8. The molecule has 2 unspecified atom stereocenters. The van der Waals surface area contributed by atoms with Crippen LogP contribution in [0, 0.1) is 0 Å². The Labute approximate surface area is 122 Å². The molecule has 0 aromatic heterocycles. The SMILES string of the molecule is COC(CN)CC(=O)NC(C)c1ccc(OC(F)F)cc1. The van der Waals surface area contributed by atoms with Crippen molar-refractivity contribution in [3.63, 3.8) is 0 Å². The van der Waals surface area contributed by atoms with E-state index < -0.39 is 6.61 Å². The van der Waals surface area contributed by atoms with Crippen molar-refractivity contribution in [3.8, 4) is 5.75 Å². The second-order valence-corrected chi connectivity index (χ2v) is 4.53. The van der Waals surface area contributed by atoms with Crippen LogP contribution in [0.5, 0.6) is 5.75 Å². The molecule has 2 atom stereocenters. The zero-order valence-electron chi connectivity index (χ0n) is 12.0. The lowest BCUT2D eigenvalue weighted by Gasteiger charge is -2.17. The molecule has 0 fully saturated rings. The lowest BCUT2D eigenvalue weighted by atomic mass is 10.1. The summed E-state index contributed by atoms with van der Waals surface area (Å²) < 4.78 is 33.4. The third-order valence-electron chi connectivity index (χ3n) is 2.99. The maximum absolute atomic E-state index is 12.0. The molecule has 0 aliphatic rings. The summed E-state index contributed by atoms with van der Waals surface area (Å²) in [4.78, 5) is 11.8. The van der Waals surface area contributed by atoms with Gasteiger partial charge >= 0.3 is 6.61 Å². The van der Waals surface area contributed by atoms with Crippen LogP contribution in [0.25, 0.3) is 0 Å². The Bertz CT molecular complexity index is 436. The molecule has 118 valence electrons. The van der Waals surface area contributed by atoms with Crippen molar-refractivity contribution < 1.29 is 23.0 Å². The highest BCUT2D eigenvalue weighted by atomic mass is 19.3. The second kappa shape index (κ2) is 8.53. The van der Waals surface area contributed by atoms with E-state index in [1.165, 1.54) is 19.2 Å². The zero-order valence-corrected chi connectivity index (χ0v) is 12.0. The van der Waals surface area contributed by atoms with E-state index in [2.05, 4.69) is 10.1 Å². The topological polar surface area (TPSA) is 73.6 Å². The van der Waals surface area contributed by atoms with Crippen molar-refractivity contribution in [3.05, 3.63) is 29.8 Å². The van der Waals surface area contributed by atoms with Gasteiger partial charge in [-0.15, -0.1) is 0 Å². The lowest BCUT2D eigenvalue weighted by molar-refractivity contribution is -0.124. The number of methoxy groups -OCH3 is 1. The van der Waals surface area contributed by atoms with E-state index in [1.807, 2.05) is 0 Å². The molecule has 0 aliphatic carbocycles. The van der Waals surface area contributed by atoms with E-state index in [9.17, 15) is 13.6 Å². The highest BCUT2D eigenvalue weighted by molar-refractivity contribution is 5.77. The molecule has 1 aromatic rings. The number of nitrogens with one attached hydrogen (secondary N) is 1. The average Bonchev–Trinajstić information content (AvgIpc) is 2.44. The van der Waals surface area contributed by atoms with E-state index in [4.69, 9.17) is 10.5 Å². The number of rotatable bonds is 8. The van der Waals surface area contributed by atoms with Gasteiger partial charge in [-0.3, -0.25) is 4.79 Å². The Hall–Kier alpha value is -1.73. The summed E-state index contributed by atoms with van der Waals surface area (Å²) in [6.07, 6.45) is -0.150. The molecule has 5 nitrogen and oxygen atoms in total. The Morgan fingerprint density at radius 3 is 2.43 bits per heavy atom. The van der Waals surface area contributed by atoms with Crippen LogP contribution in [0.3, 0.4) is 0 Å². The molecular formula is C14H20F2N2O3. The smallest absolute Gasteiger partial charge is 0.387 e. The van der Waals surface area contributed by atoms with Crippen molar-refractivity contribution in [1.82, 2.24) is 5.32 Å². The molecule has 21 heavy (non-hydrogen) atoms. The first kappa shape index (κ1) is 17.3. The van der Waals surface area contributed by atoms with E-state index in [1.54, 1.807) is 19.1 Å². The summed E-state index contributed by atoms with van der Waals surface area (Å²) in [5.74, 6) is -0.109. The second-order valence-electron chi connectivity index (χ2n) is 4.53. The summed E-state index contributed by atoms with van der Waals surface area (Å²) >= 11 is 0. The maximum atomic E-state index is 12.0. The minimum Gasteiger partial charge on any atom is -0.435 e. The fourth-order valence-electron chi connectivity index (χ4n) is 1.79. The van der Waals surface area contributed by atoms with E-state index in [0.717, 1.165) is 5.56 Å². The van der Waals surface area contributed by atoms with Gasteiger partial charge in [-0.2, -0.15) is 8.78 Å². The quantitative estimate of drug-likeness (QED) is 0.768. The van der Waals surface area contributed by atoms with Gasteiger partial charge in [0.05, 0.1) is 18.6 Å². The first-order valence-corrected chi connectivity index (χ1v) is 6.53. The predicted molar refractivity (Wildman–Crippen MR) is 74.1 cm³/mol. The van der Waals surface area contributed by atoms with Crippen LogP contribution in [0.2, 0.25) is 0 Å². The van der Waals surface area contributed by atoms with Crippen LogP contribution in [0.15, 0.2) is 24.3 Å². The first-order chi connectivity index (χ1) is 9.96. The van der Waals surface area contributed by atoms with Gasteiger partial charge in [0.2, 0.25) is 5.91 Å². The molecule has 0 saturated heterocycles. The number of benzene rings is 1. The van der Waals surface area contributed by atoms with Crippen molar-refractivity contribution in [2.75, 3.05) is 13.7 Å². The molecule has 0 radical (unpaired) electrons. The third-order valence-corrected chi connectivity index (χ3v) is 2.99. The van der Waals surface area contributed by atoms with E-state index in [-0.39, 0.29) is 36.8 Å². The number of hydrogen-bond acceptors (Lipinski definition) is 4. The number of nitrogens with two attached hydrogens (primary N) is 1. The summed E-state index contributed by atoms with van der Waals surface area (Å²) in [5.41, 5.74) is 6.23. The van der Waals surface area contributed by atoms with Crippen molar-refractivity contribution >= 4 is 5.91 Å². The van der Waals surface area contributed by atoms with Gasteiger partial charge < -0.3 is 20.5 Å². The summed E-state index contributed by atoms with van der Waals surface area (Å²) in [6.45, 7) is -0.793. The Balaban J connectivity index is 2.54. The maximum Gasteiger partial charge on any atom is 0.387 e. The van der Waals surface area contributed by atoms with Crippen LogP contribution >= 0.6 is 0 Å². The predicted octanol–water partition coefficient (Wildman–Crippen LogP) is 1.83. The monoisotopic (exact) mass is 302 g/mol. The van der Waals surface area contributed by atoms with Crippen molar-refractivity contribution in [1.29, 1.82) is 0 Å². The molecule has 3 N–H and O–H groups in total. The Morgan fingerprint density at radius 1 is 1.33 bits per heavy atom. The summed E-state index contributed by atoms with van der Waals surface area (Å²) in [7, 11) is 1.50.